The standard InChI is InChI=1S/C9H8N2O4/c10-5-6-3-4-14-9(6)7-1-2-8(15-7)11(12)13/h1-2,6,9H,3-4H2. The van der Waals surface area contributed by atoms with Gasteiger partial charge in [0.2, 0.25) is 0 Å². The first-order valence-electron chi connectivity index (χ1n) is 4.47. The minimum absolute atomic E-state index is 0.282. The highest BCUT2D eigenvalue weighted by Crippen LogP contribution is 2.35. The van der Waals surface area contributed by atoms with E-state index in [1.807, 2.05) is 0 Å². The number of hydrogen-bond donors (Lipinski definition) is 0. The van der Waals surface area contributed by atoms with E-state index in [4.69, 9.17) is 14.4 Å². The van der Waals surface area contributed by atoms with E-state index in [1.165, 1.54) is 12.1 Å². The molecule has 0 amide bonds. The van der Waals surface area contributed by atoms with Gasteiger partial charge in [-0.15, -0.1) is 0 Å². The Morgan fingerprint density at radius 1 is 1.60 bits per heavy atom. The molecule has 78 valence electrons. The van der Waals surface area contributed by atoms with Crippen LogP contribution in [0, 0.1) is 27.4 Å². The molecule has 2 atom stereocenters. The first-order valence-corrected chi connectivity index (χ1v) is 4.47. The van der Waals surface area contributed by atoms with Crippen molar-refractivity contribution in [1.82, 2.24) is 0 Å². The Labute approximate surface area is 85.2 Å². The third kappa shape index (κ3) is 1.69. The van der Waals surface area contributed by atoms with Crippen LogP contribution in [0.15, 0.2) is 16.5 Å². The Kier molecular flexibility index (Phi) is 2.39. The first kappa shape index (κ1) is 9.68. The van der Waals surface area contributed by atoms with Crippen LogP contribution in [0.2, 0.25) is 0 Å². The lowest BCUT2D eigenvalue weighted by molar-refractivity contribution is -0.402. The van der Waals surface area contributed by atoms with Crippen LogP contribution >= 0.6 is 0 Å². The van der Waals surface area contributed by atoms with Crippen LogP contribution < -0.4 is 0 Å². The number of nitriles is 1. The van der Waals surface area contributed by atoms with Gasteiger partial charge in [-0.3, -0.25) is 10.1 Å². The van der Waals surface area contributed by atoms with E-state index in [-0.39, 0.29) is 11.8 Å². The minimum Gasteiger partial charge on any atom is -0.403 e. The molecule has 6 nitrogen and oxygen atoms in total. The van der Waals surface area contributed by atoms with Crippen molar-refractivity contribution in [2.45, 2.75) is 12.5 Å². The second kappa shape index (κ2) is 3.71. The maximum Gasteiger partial charge on any atom is 0.433 e. The SMILES string of the molecule is N#CC1CCOC1c1ccc([N+](=O)[O-])o1. The second-order valence-corrected chi connectivity index (χ2v) is 3.25. The van der Waals surface area contributed by atoms with E-state index in [0.717, 1.165) is 0 Å². The number of furan rings is 1. The van der Waals surface area contributed by atoms with Gasteiger partial charge in [-0.05, 0) is 12.5 Å². The predicted molar refractivity (Wildman–Crippen MR) is 47.8 cm³/mol. The molecule has 0 aliphatic carbocycles. The summed E-state index contributed by atoms with van der Waals surface area (Å²) in [6.07, 6.45) is 0.166. The zero-order valence-corrected chi connectivity index (χ0v) is 7.75. The number of nitro groups is 1. The smallest absolute Gasteiger partial charge is 0.403 e. The maximum atomic E-state index is 10.4. The number of hydrogen-bond acceptors (Lipinski definition) is 5. The van der Waals surface area contributed by atoms with E-state index in [9.17, 15) is 10.1 Å². The van der Waals surface area contributed by atoms with Crippen LogP contribution in [-0.2, 0) is 4.74 Å². The van der Waals surface area contributed by atoms with E-state index in [1.54, 1.807) is 0 Å². The topological polar surface area (TPSA) is 89.3 Å². The molecule has 0 radical (unpaired) electrons. The van der Waals surface area contributed by atoms with Crippen LogP contribution in [0.25, 0.3) is 0 Å². The van der Waals surface area contributed by atoms with Gasteiger partial charge in [0.15, 0.2) is 0 Å². The monoisotopic (exact) mass is 208 g/mol. The fourth-order valence-electron chi connectivity index (χ4n) is 1.60. The summed E-state index contributed by atoms with van der Waals surface area (Å²) >= 11 is 0. The number of nitrogens with zero attached hydrogens (tertiary/aromatic N) is 2. The summed E-state index contributed by atoms with van der Waals surface area (Å²) in [7, 11) is 0. The fourth-order valence-corrected chi connectivity index (χ4v) is 1.60. The highest BCUT2D eigenvalue weighted by Gasteiger charge is 2.33. The van der Waals surface area contributed by atoms with Crippen LogP contribution in [0.4, 0.5) is 5.88 Å². The van der Waals surface area contributed by atoms with Gasteiger partial charge in [-0.25, -0.2) is 0 Å². The Hall–Kier alpha value is -1.87. The second-order valence-electron chi connectivity index (χ2n) is 3.25. The van der Waals surface area contributed by atoms with Gasteiger partial charge in [0.1, 0.15) is 16.8 Å². The largest absolute Gasteiger partial charge is 0.433 e. The zero-order valence-electron chi connectivity index (χ0n) is 7.75. The van der Waals surface area contributed by atoms with Gasteiger partial charge in [0, 0.05) is 6.61 Å². The molecule has 1 aromatic heterocycles. The molecule has 2 rings (SSSR count). The molecule has 0 spiro atoms. The lowest BCUT2D eigenvalue weighted by atomic mass is 10.0. The molecule has 1 aliphatic rings. The van der Waals surface area contributed by atoms with Crippen molar-refractivity contribution in [3.63, 3.8) is 0 Å². The lowest BCUT2D eigenvalue weighted by Crippen LogP contribution is -2.03. The molecule has 1 fully saturated rings. The molecule has 1 saturated heterocycles. The maximum absolute atomic E-state index is 10.4. The van der Waals surface area contributed by atoms with Crippen molar-refractivity contribution in [2.24, 2.45) is 5.92 Å². The van der Waals surface area contributed by atoms with Crippen LogP contribution in [0.5, 0.6) is 0 Å². The Morgan fingerprint density at radius 3 is 3.00 bits per heavy atom. The van der Waals surface area contributed by atoms with Crippen molar-refractivity contribution >= 4 is 5.88 Å². The molecular weight excluding hydrogens is 200 g/mol. The highest BCUT2D eigenvalue weighted by molar-refractivity contribution is 5.21. The van der Waals surface area contributed by atoms with E-state index < -0.39 is 11.0 Å². The molecule has 2 unspecified atom stereocenters. The molecule has 6 heteroatoms. The van der Waals surface area contributed by atoms with Crippen molar-refractivity contribution in [2.75, 3.05) is 6.61 Å². The summed E-state index contributed by atoms with van der Waals surface area (Å²) in [4.78, 5) is 9.77. The Morgan fingerprint density at radius 2 is 2.40 bits per heavy atom. The third-order valence-electron chi connectivity index (χ3n) is 2.33. The normalized spacial score (nSPS) is 25.0. The average molecular weight is 208 g/mol. The Bertz CT molecular complexity index is 420. The predicted octanol–water partition coefficient (Wildman–Crippen LogP) is 1.79. The number of rotatable bonds is 2. The molecule has 2 heterocycles. The molecule has 0 bridgehead atoms. The van der Waals surface area contributed by atoms with Gasteiger partial charge >= 0.3 is 5.88 Å². The van der Waals surface area contributed by atoms with Gasteiger partial charge in [0.25, 0.3) is 0 Å². The lowest BCUT2D eigenvalue weighted by Gasteiger charge is -2.07. The van der Waals surface area contributed by atoms with Crippen LogP contribution in [-0.4, -0.2) is 11.5 Å². The van der Waals surface area contributed by atoms with Gasteiger partial charge in [-0.2, -0.15) is 5.26 Å². The third-order valence-corrected chi connectivity index (χ3v) is 2.33. The summed E-state index contributed by atoms with van der Waals surface area (Å²) in [5.74, 6) is -0.251. The van der Waals surface area contributed by atoms with Crippen LogP contribution in [0.3, 0.4) is 0 Å². The molecule has 1 aliphatic heterocycles. The summed E-state index contributed by atoms with van der Waals surface area (Å²) in [6, 6.07) is 4.85. The van der Waals surface area contributed by atoms with Crippen molar-refractivity contribution in [3.8, 4) is 6.07 Å². The molecule has 0 aromatic carbocycles. The molecule has 1 aromatic rings. The quantitative estimate of drug-likeness (QED) is 0.545. The van der Waals surface area contributed by atoms with Gasteiger partial charge in [-0.1, -0.05) is 0 Å². The van der Waals surface area contributed by atoms with Gasteiger partial charge < -0.3 is 9.15 Å². The van der Waals surface area contributed by atoms with E-state index >= 15 is 0 Å². The fraction of sp³-hybridized carbons (Fsp3) is 0.444. The highest BCUT2D eigenvalue weighted by atomic mass is 16.6. The Balaban J connectivity index is 2.22. The van der Waals surface area contributed by atoms with Gasteiger partial charge in [0.05, 0.1) is 18.1 Å². The van der Waals surface area contributed by atoms with Crippen LogP contribution in [0.1, 0.15) is 18.3 Å². The molecule has 0 saturated carbocycles. The van der Waals surface area contributed by atoms with E-state index in [2.05, 4.69) is 6.07 Å². The molecule has 0 N–H and O–H groups in total. The number of ether oxygens (including phenoxy) is 1. The van der Waals surface area contributed by atoms with E-state index in [0.29, 0.717) is 18.8 Å². The summed E-state index contributed by atoms with van der Waals surface area (Å²) in [6.45, 7) is 0.484. The van der Waals surface area contributed by atoms with Crippen molar-refractivity contribution < 1.29 is 14.1 Å². The first-order chi connectivity index (χ1) is 7.22. The molecular formula is C9H8N2O4. The average Bonchev–Trinajstić information content (AvgIpc) is 2.85. The van der Waals surface area contributed by atoms with Crippen molar-refractivity contribution in [3.05, 3.63) is 28.0 Å². The summed E-state index contributed by atoms with van der Waals surface area (Å²) in [5, 5.41) is 19.2. The summed E-state index contributed by atoms with van der Waals surface area (Å²) in [5.41, 5.74) is 0. The zero-order chi connectivity index (χ0) is 10.8. The molecule has 15 heavy (non-hydrogen) atoms. The summed E-state index contributed by atoms with van der Waals surface area (Å²) < 4.78 is 10.3. The minimum atomic E-state index is -0.611. The van der Waals surface area contributed by atoms with Crippen molar-refractivity contribution in [1.29, 1.82) is 5.26 Å².